The summed E-state index contributed by atoms with van der Waals surface area (Å²) in [5.74, 6) is -1.24. The number of aliphatic carboxylic acids is 1. The Morgan fingerprint density at radius 1 is 0.785 bits per heavy atom. The number of carboxylic acid groups (broad SMARTS) is 1. The van der Waals surface area contributed by atoms with Gasteiger partial charge in [0.25, 0.3) is 20.2 Å². The minimum absolute atomic E-state index is 0.0710. The van der Waals surface area contributed by atoms with Crippen molar-refractivity contribution in [3.63, 3.8) is 0 Å². The van der Waals surface area contributed by atoms with E-state index in [9.17, 15) is 35.8 Å². The van der Waals surface area contributed by atoms with Crippen LogP contribution in [0.1, 0.15) is 115 Å². The SMILES string of the molecule is CCCCCC1(C)C(/C=C/C=C/C=C2/N(CCCCCC(=O)O)c3ccc(S(=O)(=O)O)cc3C2(C)CCCCS(=O)(=O)O)=[N+](CCCC2=C/C=C\C=C/C=C2)c2ccccc21.O=S(=O)=O. The molecule has 2 aromatic carbocycles. The van der Waals surface area contributed by atoms with Gasteiger partial charge in [-0.2, -0.15) is 21.4 Å². The molecule has 16 heteroatoms. The molecule has 352 valence electrons. The molecule has 0 aromatic heterocycles. The van der Waals surface area contributed by atoms with Gasteiger partial charge in [0.05, 0.1) is 16.1 Å². The lowest BCUT2D eigenvalue weighted by molar-refractivity contribution is -0.438. The van der Waals surface area contributed by atoms with Gasteiger partial charge < -0.3 is 10.0 Å². The second-order valence-corrected chi connectivity index (χ2v) is 20.3. The van der Waals surface area contributed by atoms with Crippen molar-refractivity contribution in [2.45, 2.75) is 120 Å². The van der Waals surface area contributed by atoms with E-state index >= 15 is 0 Å². The molecule has 2 aromatic rings. The van der Waals surface area contributed by atoms with Crippen molar-refractivity contribution in [3.05, 3.63) is 138 Å². The van der Waals surface area contributed by atoms with Gasteiger partial charge in [-0.05, 0) is 87.8 Å². The lowest BCUT2D eigenvalue weighted by Crippen LogP contribution is -2.31. The standard InChI is InChI=1S/C49H62N2O8S2.O3S/c1-4-5-18-33-48(2)41-26-16-17-27-43(41)51(36-22-25-39-23-11-7-6-8-12-24-39)45(48)28-13-9-14-29-46-49(3,34-19-21-37-60(54,55)56)42-38-40(61(57,58)59)31-32-44(42)50(46)35-20-10-15-30-47(52)53;1-4(2)3/h6-9,11-14,16-17,23-24,26-29,31-32,38H,4-5,10,15,18-22,25,30,33-37H2,1-3H3,(H2-,52,53,54,55,56,57,58,59);/p+1/b7-6-,8-6?,11-7?,12-8-,23-11?,24-12?,39-23?,39-24?;. The van der Waals surface area contributed by atoms with Crippen molar-refractivity contribution in [2.75, 3.05) is 23.7 Å². The van der Waals surface area contributed by atoms with Crippen LogP contribution in [0.25, 0.3) is 0 Å². The van der Waals surface area contributed by atoms with Crippen LogP contribution < -0.4 is 4.90 Å². The van der Waals surface area contributed by atoms with Gasteiger partial charge in [0.2, 0.25) is 5.69 Å². The minimum atomic E-state index is -4.52. The first-order chi connectivity index (χ1) is 30.8. The van der Waals surface area contributed by atoms with Gasteiger partial charge >= 0.3 is 16.6 Å². The smallest absolute Gasteiger partial charge is 0.425 e. The second kappa shape index (κ2) is 24.5. The molecular weight excluding hydrogens is 889 g/mol. The van der Waals surface area contributed by atoms with Crippen LogP contribution in [0.15, 0.2) is 132 Å². The molecule has 65 heavy (non-hydrogen) atoms. The molecule has 2 heterocycles. The predicted octanol–water partition coefficient (Wildman–Crippen LogP) is 9.73. The van der Waals surface area contributed by atoms with Crippen molar-refractivity contribution < 1.29 is 53.0 Å². The highest BCUT2D eigenvalue weighted by Gasteiger charge is 2.47. The summed E-state index contributed by atoms with van der Waals surface area (Å²) in [6.45, 7) is 7.98. The Bertz CT molecular complexity index is 2600. The van der Waals surface area contributed by atoms with E-state index in [0.717, 1.165) is 56.5 Å². The third-order valence-electron chi connectivity index (χ3n) is 12.2. The Kier molecular flexibility index (Phi) is 19.8. The molecule has 3 N–H and O–H groups in total. The maximum atomic E-state index is 12.3. The van der Waals surface area contributed by atoms with Crippen LogP contribution in [-0.2, 0) is 46.5 Å². The molecule has 2 aliphatic heterocycles. The van der Waals surface area contributed by atoms with Crippen molar-refractivity contribution in [1.82, 2.24) is 0 Å². The summed E-state index contributed by atoms with van der Waals surface area (Å²) >= 11 is 0. The zero-order valence-electron chi connectivity index (χ0n) is 37.5. The molecule has 0 spiro atoms. The van der Waals surface area contributed by atoms with E-state index in [4.69, 9.17) is 12.6 Å². The van der Waals surface area contributed by atoms with Crippen molar-refractivity contribution in [1.29, 1.82) is 0 Å². The maximum absolute atomic E-state index is 12.3. The molecule has 0 fully saturated rings. The highest BCUT2D eigenvalue weighted by atomic mass is 32.2. The molecule has 0 saturated heterocycles. The Balaban J connectivity index is 0.00000222. The first kappa shape index (κ1) is 52.6. The monoisotopic (exact) mass is 951 g/mol. The zero-order valence-corrected chi connectivity index (χ0v) is 40.0. The van der Waals surface area contributed by atoms with Gasteiger partial charge in [-0.3, -0.25) is 13.9 Å². The van der Waals surface area contributed by atoms with Crippen LogP contribution in [0.5, 0.6) is 0 Å². The fourth-order valence-corrected chi connectivity index (χ4v) is 10.1. The zero-order chi connectivity index (χ0) is 47.7. The molecule has 0 bridgehead atoms. The number of unbranched alkanes of at least 4 members (excludes halogenated alkanes) is 5. The molecule has 1 aliphatic carbocycles. The van der Waals surface area contributed by atoms with E-state index < -0.39 is 42.2 Å². The van der Waals surface area contributed by atoms with Crippen molar-refractivity contribution in [2.24, 2.45) is 0 Å². The number of rotatable bonds is 23. The summed E-state index contributed by atoms with van der Waals surface area (Å²) in [4.78, 5) is 13.1. The third-order valence-corrected chi connectivity index (χ3v) is 13.8. The first-order valence-electron chi connectivity index (χ1n) is 22.2. The molecule has 5 rings (SSSR count). The number of anilines is 1. The van der Waals surface area contributed by atoms with Gasteiger partial charge in [0.1, 0.15) is 6.54 Å². The number of carbonyl (C=O) groups is 1. The van der Waals surface area contributed by atoms with Gasteiger partial charge in [0, 0.05) is 53.9 Å². The molecular formula is C49H63N2O11S3+. The summed E-state index contributed by atoms with van der Waals surface area (Å²) in [5, 5.41) is 9.19. The number of allylic oxidation sites excluding steroid dienone is 14. The first-order valence-corrected chi connectivity index (χ1v) is 26.2. The molecule has 2 atom stereocenters. The number of nitrogens with zero attached hydrogens (tertiary/aromatic N) is 2. The average molecular weight is 952 g/mol. The molecule has 3 aliphatic rings. The number of para-hydroxylation sites is 1. The van der Waals surface area contributed by atoms with Gasteiger partial charge in [-0.1, -0.05) is 118 Å². The number of carboxylic acids is 1. The third kappa shape index (κ3) is 15.3. The molecule has 0 saturated carbocycles. The number of fused-ring (bicyclic) bond motifs is 2. The van der Waals surface area contributed by atoms with Crippen molar-refractivity contribution in [3.8, 4) is 0 Å². The summed E-state index contributed by atoms with van der Waals surface area (Å²) in [7, 11) is -11.8. The topological polar surface area (TPSA) is 203 Å². The van der Waals surface area contributed by atoms with Crippen LogP contribution in [-0.4, -0.2) is 78.8 Å². The lowest BCUT2D eigenvalue weighted by atomic mass is 9.75. The number of hydrogen-bond acceptors (Lipinski definition) is 9. The molecule has 0 amide bonds. The highest BCUT2D eigenvalue weighted by molar-refractivity contribution is 7.86. The Morgan fingerprint density at radius 2 is 1.48 bits per heavy atom. The number of hydrogen-bond donors (Lipinski definition) is 3. The van der Waals surface area contributed by atoms with E-state index in [1.165, 1.54) is 34.7 Å². The average Bonchev–Trinajstić information content (AvgIpc) is 3.59. The molecule has 0 radical (unpaired) electrons. The summed E-state index contributed by atoms with van der Waals surface area (Å²) in [5.41, 5.74) is 6.49. The van der Waals surface area contributed by atoms with E-state index in [-0.39, 0.29) is 28.9 Å². The Morgan fingerprint density at radius 3 is 2.18 bits per heavy atom. The van der Waals surface area contributed by atoms with Crippen LogP contribution in [0.4, 0.5) is 11.4 Å². The molecule has 2 unspecified atom stereocenters. The van der Waals surface area contributed by atoms with E-state index in [1.807, 2.05) is 43.4 Å². The Labute approximate surface area is 386 Å². The van der Waals surface area contributed by atoms with E-state index in [1.54, 1.807) is 6.07 Å². The van der Waals surface area contributed by atoms with Crippen LogP contribution in [0.3, 0.4) is 0 Å². The van der Waals surface area contributed by atoms with E-state index in [0.29, 0.717) is 44.2 Å². The van der Waals surface area contributed by atoms with Gasteiger partial charge in [0.15, 0.2) is 5.71 Å². The van der Waals surface area contributed by atoms with E-state index in [2.05, 4.69) is 84.0 Å². The minimum Gasteiger partial charge on any atom is -0.481 e. The Hall–Kier alpha value is -5.00. The summed E-state index contributed by atoms with van der Waals surface area (Å²) in [6.07, 6.45) is 34.3. The van der Waals surface area contributed by atoms with Crippen LogP contribution in [0, 0.1) is 0 Å². The largest absolute Gasteiger partial charge is 0.481 e. The quantitative estimate of drug-likeness (QED) is 0.0412. The fraction of sp³-hybridized carbons (Fsp3) is 0.429. The highest BCUT2D eigenvalue weighted by Crippen LogP contribution is 2.51. The maximum Gasteiger partial charge on any atom is 0.425 e. The fourth-order valence-electron chi connectivity index (χ4n) is 9.00. The van der Waals surface area contributed by atoms with Crippen molar-refractivity contribution >= 4 is 53.9 Å². The summed E-state index contributed by atoms with van der Waals surface area (Å²) in [6, 6.07) is 13.3. The lowest BCUT2D eigenvalue weighted by Gasteiger charge is -2.30. The summed E-state index contributed by atoms with van der Waals surface area (Å²) < 4.78 is 95.2. The molecule has 13 nitrogen and oxygen atoms in total. The van der Waals surface area contributed by atoms with Crippen LogP contribution >= 0.6 is 0 Å². The van der Waals surface area contributed by atoms with Crippen LogP contribution in [0.2, 0.25) is 0 Å². The number of benzene rings is 2. The normalized spacial score (nSPS) is 20.9. The predicted molar refractivity (Wildman–Crippen MR) is 256 cm³/mol. The second-order valence-electron chi connectivity index (χ2n) is 16.9. The van der Waals surface area contributed by atoms with Gasteiger partial charge in [-0.15, -0.1) is 12.6 Å². The van der Waals surface area contributed by atoms with Gasteiger partial charge in [-0.25, -0.2) is 0 Å².